The monoisotopic (exact) mass is 374 g/mol. The zero-order valence-corrected chi connectivity index (χ0v) is 20.4. The average molecular weight is 375 g/mol. The second-order valence-corrected chi connectivity index (χ2v) is 19.0. The zero-order valence-electron chi connectivity index (χ0n) is 18.4. The van der Waals surface area contributed by atoms with Gasteiger partial charge in [0.2, 0.25) is 15.8 Å². The third-order valence-corrected chi connectivity index (χ3v) is 24.8. The average Bonchev–Trinajstić information content (AvgIpc) is 2.58. The highest BCUT2D eigenvalue weighted by Gasteiger charge is 2.61. The summed E-state index contributed by atoms with van der Waals surface area (Å²) in [4.78, 5) is 0. The summed E-state index contributed by atoms with van der Waals surface area (Å²) in [6.45, 7) is 33.6. The molecule has 0 atom stereocenters. The lowest BCUT2D eigenvalue weighted by Gasteiger charge is -2.60. The van der Waals surface area contributed by atoms with Crippen molar-refractivity contribution in [3.63, 3.8) is 0 Å². The minimum absolute atomic E-state index is 1.17. The summed E-state index contributed by atoms with van der Waals surface area (Å²) in [5, 5.41) is 0. The van der Waals surface area contributed by atoms with E-state index in [4.69, 9.17) is 0 Å². The Morgan fingerprint density at radius 3 is 0.583 bits per heavy atom. The molecule has 0 radical (unpaired) electrons. The van der Waals surface area contributed by atoms with E-state index in [2.05, 4.69) is 86.7 Å². The molecular formula is C18H46N4Si2. The van der Waals surface area contributed by atoms with Crippen LogP contribution in [0, 0.1) is 0 Å². The summed E-state index contributed by atoms with van der Waals surface area (Å²) in [6, 6.07) is 0. The van der Waals surface area contributed by atoms with E-state index in [9.17, 15) is 0 Å². The largest absolute Gasteiger partial charge is 0.312 e. The maximum Gasteiger partial charge on any atom is 0.226 e. The first kappa shape index (κ1) is 24.3. The molecule has 0 saturated carbocycles. The Hall–Kier alpha value is 0.274. The Labute approximate surface area is 155 Å². The normalized spacial score (nSPS) is 13.8. The molecule has 0 aliphatic carbocycles. The van der Waals surface area contributed by atoms with Crippen LogP contribution >= 0.6 is 0 Å². The standard InChI is InChI=1S/C18H46N4Si2/c1-11-19(12-2)23(9,20(13-3)14-4)24(10,21(15-5)16-6)22(17-7)18-8/h11-18H2,1-10H3. The van der Waals surface area contributed by atoms with E-state index in [1.165, 1.54) is 52.4 Å². The highest BCUT2D eigenvalue weighted by atomic mass is 29.3. The van der Waals surface area contributed by atoms with Gasteiger partial charge in [0.1, 0.15) is 0 Å². The lowest BCUT2D eigenvalue weighted by molar-refractivity contribution is 0.326. The van der Waals surface area contributed by atoms with Crippen molar-refractivity contribution in [2.75, 3.05) is 52.4 Å². The smallest absolute Gasteiger partial charge is 0.226 e. The third kappa shape index (κ3) is 4.15. The van der Waals surface area contributed by atoms with Gasteiger partial charge in [-0.05, 0) is 65.5 Å². The van der Waals surface area contributed by atoms with Crippen molar-refractivity contribution >= 4 is 15.8 Å². The van der Waals surface area contributed by atoms with Gasteiger partial charge < -0.3 is 18.3 Å². The first-order valence-electron chi connectivity index (χ1n) is 10.3. The molecule has 0 amide bonds. The van der Waals surface area contributed by atoms with Crippen LogP contribution in [0.3, 0.4) is 0 Å². The van der Waals surface area contributed by atoms with Crippen molar-refractivity contribution in [3.05, 3.63) is 0 Å². The number of hydrogen-bond acceptors (Lipinski definition) is 4. The molecule has 0 spiro atoms. The summed E-state index contributed by atoms with van der Waals surface area (Å²) in [5.41, 5.74) is 0. The zero-order chi connectivity index (χ0) is 19.0. The Balaban J connectivity index is 6.55. The highest BCUT2D eigenvalue weighted by Crippen LogP contribution is 2.32. The van der Waals surface area contributed by atoms with Crippen molar-refractivity contribution < 1.29 is 0 Å². The quantitative estimate of drug-likeness (QED) is 0.457. The molecule has 0 rings (SSSR count). The molecule has 0 N–H and O–H groups in total. The fraction of sp³-hybridized carbons (Fsp3) is 1.00. The van der Waals surface area contributed by atoms with E-state index in [-0.39, 0.29) is 0 Å². The molecule has 0 bridgehead atoms. The van der Waals surface area contributed by atoms with Gasteiger partial charge in [-0.1, -0.05) is 55.4 Å². The third-order valence-electron chi connectivity index (χ3n) is 6.41. The fourth-order valence-corrected chi connectivity index (χ4v) is 24.1. The van der Waals surface area contributed by atoms with E-state index in [0.717, 1.165) is 0 Å². The van der Waals surface area contributed by atoms with E-state index < -0.39 is 15.8 Å². The molecule has 146 valence electrons. The van der Waals surface area contributed by atoms with Gasteiger partial charge in [0.15, 0.2) is 0 Å². The molecule has 4 nitrogen and oxygen atoms in total. The summed E-state index contributed by atoms with van der Waals surface area (Å²) >= 11 is 0. The highest BCUT2D eigenvalue weighted by molar-refractivity contribution is 7.37. The Morgan fingerprint density at radius 1 is 0.375 bits per heavy atom. The molecule has 0 unspecified atom stereocenters. The van der Waals surface area contributed by atoms with E-state index in [1.807, 2.05) is 0 Å². The van der Waals surface area contributed by atoms with Crippen LogP contribution < -0.4 is 0 Å². The van der Waals surface area contributed by atoms with Gasteiger partial charge in [0, 0.05) is 0 Å². The summed E-state index contributed by atoms with van der Waals surface area (Å²) < 4.78 is 11.5. The van der Waals surface area contributed by atoms with Gasteiger partial charge in [-0.15, -0.1) is 0 Å². The number of rotatable bonds is 13. The minimum Gasteiger partial charge on any atom is -0.312 e. The van der Waals surface area contributed by atoms with E-state index >= 15 is 0 Å². The molecule has 0 aromatic rings. The molecule has 0 saturated heterocycles. The van der Waals surface area contributed by atoms with Crippen molar-refractivity contribution in [2.24, 2.45) is 0 Å². The molecule has 0 aromatic carbocycles. The Bertz CT molecular complexity index is 269. The van der Waals surface area contributed by atoms with Crippen LogP contribution in [0.15, 0.2) is 0 Å². The number of nitrogens with zero attached hydrogens (tertiary/aromatic N) is 4. The molecule has 0 aromatic heterocycles. The van der Waals surface area contributed by atoms with Crippen LogP contribution in [0.25, 0.3) is 0 Å². The molecule has 6 heteroatoms. The molecule has 0 aliphatic heterocycles. The molecular weight excluding hydrogens is 328 g/mol. The van der Waals surface area contributed by atoms with Crippen molar-refractivity contribution in [2.45, 2.75) is 68.5 Å². The maximum absolute atomic E-state index is 2.86. The second kappa shape index (κ2) is 11.1. The molecule has 0 aliphatic rings. The van der Waals surface area contributed by atoms with Crippen LogP contribution in [0.2, 0.25) is 13.1 Å². The first-order valence-corrected chi connectivity index (χ1v) is 16.1. The van der Waals surface area contributed by atoms with Gasteiger partial charge in [-0.25, -0.2) is 0 Å². The van der Waals surface area contributed by atoms with Gasteiger partial charge in [0.25, 0.3) is 0 Å². The fourth-order valence-electron chi connectivity index (χ4n) is 4.96. The van der Waals surface area contributed by atoms with Crippen molar-refractivity contribution in [1.82, 2.24) is 18.3 Å². The van der Waals surface area contributed by atoms with Crippen molar-refractivity contribution in [3.8, 4) is 0 Å². The summed E-state index contributed by atoms with van der Waals surface area (Å²) in [5.74, 6) is 0. The topological polar surface area (TPSA) is 13.0 Å². The van der Waals surface area contributed by atoms with E-state index in [1.54, 1.807) is 0 Å². The Morgan fingerprint density at radius 2 is 0.500 bits per heavy atom. The van der Waals surface area contributed by atoms with Crippen LogP contribution in [0.5, 0.6) is 0 Å². The van der Waals surface area contributed by atoms with Gasteiger partial charge in [0.05, 0.1) is 0 Å². The lowest BCUT2D eigenvalue weighted by Crippen LogP contribution is -2.88. The predicted octanol–water partition coefficient (Wildman–Crippen LogP) is 3.58. The summed E-state index contributed by atoms with van der Waals surface area (Å²) in [7, 11) is -3.63. The van der Waals surface area contributed by atoms with Crippen LogP contribution in [0.1, 0.15) is 55.4 Å². The Kier molecular flexibility index (Phi) is 11.2. The molecule has 0 fully saturated rings. The van der Waals surface area contributed by atoms with Gasteiger partial charge >= 0.3 is 0 Å². The first-order chi connectivity index (χ1) is 11.3. The van der Waals surface area contributed by atoms with Crippen LogP contribution in [-0.2, 0) is 0 Å². The van der Waals surface area contributed by atoms with E-state index in [0.29, 0.717) is 0 Å². The van der Waals surface area contributed by atoms with Crippen LogP contribution in [0.4, 0.5) is 0 Å². The predicted molar refractivity (Wildman–Crippen MR) is 115 cm³/mol. The van der Waals surface area contributed by atoms with Crippen molar-refractivity contribution in [1.29, 1.82) is 0 Å². The maximum atomic E-state index is 2.86. The van der Waals surface area contributed by atoms with Gasteiger partial charge in [-0.3, -0.25) is 0 Å². The molecule has 24 heavy (non-hydrogen) atoms. The second-order valence-electron chi connectivity index (χ2n) is 6.73. The van der Waals surface area contributed by atoms with Gasteiger partial charge in [-0.2, -0.15) is 0 Å². The van der Waals surface area contributed by atoms with Crippen LogP contribution in [-0.4, -0.2) is 86.4 Å². The molecule has 0 heterocycles. The number of hydrogen-bond donors (Lipinski definition) is 0. The summed E-state index contributed by atoms with van der Waals surface area (Å²) in [6.07, 6.45) is 0. The lowest BCUT2D eigenvalue weighted by atomic mass is 10.7. The SMILES string of the molecule is CCN(CC)[Si](C)(N(CC)CC)[Si](C)(N(CC)CC)N(CC)CC. The minimum atomic E-state index is -1.81.